The smallest absolute Gasteiger partial charge is 0.407 e. The summed E-state index contributed by atoms with van der Waals surface area (Å²) in [6.07, 6.45) is 2.49. The van der Waals surface area contributed by atoms with Crippen LogP contribution in [-0.4, -0.2) is 40.7 Å². The topological polar surface area (TPSA) is 54.5 Å². The SMILES string of the molecule is CC(C)(C)OC(=O)N[C@H]1CCN(Cc2ccc(Br)nc2)C1. The number of pyridine rings is 1. The Morgan fingerprint density at radius 1 is 1.52 bits per heavy atom. The van der Waals surface area contributed by atoms with Crippen LogP contribution in [0.3, 0.4) is 0 Å². The molecule has 0 unspecified atom stereocenters. The summed E-state index contributed by atoms with van der Waals surface area (Å²) in [5.41, 5.74) is 0.724. The van der Waals surface area contributed by atoms with Gasteiger partial charge in [-0.2, -0.15) is 0 Å². The minimum Gasteiger partial charge on any atom is -0.444 e. The predicted octanol–water partition coefficient (Wildman–Crippen LogP) is 2.94. The first-order valence-electron chi connectivity index (χ1n) is 7.14. The van der Waals surface area contributed by atoms with E-state index in [9.17, 15) is 4.79 Å². The van der Waals surface area contributed by atoms with E-state index in [0.717, 1.165) is 30.7 Å². The molecule has 1 amide bonds. The molecule has 0 bridgehead atoms. The van der Waals surface area contributed by atoms with Crippen LogP contribution in [0.4, 0.5) is 4.79 Å². The van der Waals surface area contributed by atoms with Crippen molar-refractivity contribution < 1.29 is 9.53 Å². The van der Waals surface area contributed by atoms with Gasteiger partial charge in [-0.15, -0.1) is 0 Å². The van der Waals surface area contributed by atoms with Crippen molar-refractivity contribution in [2.24, 2.45) is 0 Å². The molecule has 2 rings (SSSR count). The van der Waals surface area contributed by atoms with Gasteiger partial charge in [0.2, 0.25) is 0 Å². The second-order valence-electron chi connectivity index (χ2n) is 6.36. The Labute approximate surface area is 134 Å². The molecule has 1 aromatic heterocycles. The lowest BCUT2D eigenvalue weighted by Crippen LogP contribution is -2.40. The molecule has 0 aromatic carbocycles. The third-order valence-electron chi connectivity index (χ3n) is 3.19. The molecule has 0 saturated carbocycles. The van der Waals surface area contributed by atoms with E-state index in [1.165, 1.54) is 5.56 Å². The molecule has 1 atom stereocenters. The Morgan fingerprint density at radius 2 is 2.29 bits per heavy atom. The van der Waals surface area contributed by atoms with E-state index in [2.05, 4.69) is 37.2 Å². The van der Waals surface area contributed by atoms with Gasteiger partial charge in [0.1, 0.15) is 10.2 Å². The second-order valence-corrected chi connectivity index (χ2v) is 7.17. The van der Waals surface area contributed by atoms with Gasteiger partial charge in [0.15, 0.2) is 0 Å². The monoisotopic (exact) mass is 355 g/mol. The summed E-state index contributed by atoms with van der Waals surface area (Å²) < 4.78 is 6.13. The summed E-state index contributed by atoms with van der Waals surface area (Å²) in [5, 5.41) is 2.93. The number of rotatable bonds is 3. The number of nitrogens with one attached hydrogen (secondary N) is 1. The zero-order valence-electron chi connectivity index (χ0n) is 12.7. The number of nitrogens with zero attached hydrogens (tertiary/aromatic N) is 2. The first-order valence-corrected chi connectivity index (χ1v) is 7.93. The van der Waals surface area contributed by atoms with Crippen molar-refractivity contribution in [3.8, 4) is 0 Å². The minimum absolute atomic E-state index is 0.156. The zero-order valence-corrected chi connectivity index (χ0v) is 14.3. The van der Waals surface area contributed by atoms with E-state index < -0.39 is 5.60 Å². The highest BCUT2D eigenvalue weighted by atomic mass is 79.9. The molecule has 1 N–H and O–H groups in total. The number of aromatic nitrogens is 1. The van der Waals surface area contributed by atoms with Crippen LogP contribution < -0.4 is 5.32 Å². The molecule has 0 aliphatic carbocycles. The Bertz CT molecular complexity index is 485. The second kappa shape index (κ2) is 6.75. The number of hydrogen-bond donors (Lipinski definition) is 1. The van der Waals surface area contributed by atoms with Crippen molar-refractivity contribution in [3.63, 3.8) is 0 Å². The van der Waals surface area contributed by atoms with E-state index in [-0.39, 0.29) is 12.1 Å². The normalized spacial score (nSPS) is 19.5. The van der Waals surface area contributed by atoms with Crippen molar-refractivity contribution >= 4 is 22.0 Å². The number of carbonyl (C=O) groups is 1. The Morgan fingerprint density at radius 3 is 2.90 bits per heavy atom. The fourth-order valence-electron chi connectivity index (χ4n) is 2.33. The maximum Gasteiger partial charge on any atom is 0.407 e. The van der Waals surface area contributed by atoms with Gasteiger partial charge in [-0.1, -0.05) is 6.07 Å². The number of ether oxygens (including phenoxy) is 1. The molecule has 1 aliphatic heterocycles. The molecule has 0 spiro atoms. The predicted molar refractivity (Wildman–Crippen MR) is 85.0 cm³/mol. The average molecular weight is 356 g/mol. The van der Waals surface area contributed by atoms with Gasteiger partial charge in [-0.05, 0) is 54.8 Å². The maximum absolute atomic E-state index is 11.8. The van der Waals surface area contributed by atoms with E-state index in [4.69, 9.17) is 4.74 Å². The van der Waals surface area contributed by atoms with Crippen LogP contribution in [0.25, 0.3) is 0 Å². The summed E-state index contributed by atoms with van der Waals surface area (Å²) in [5.74, 6) is 0. The van der Waals surface area contributed by atoms with Gasteiger partial charge in [0, 0.05) is 31.9 Å². The minimum atomic E-state index is -0.453. The maximum atomic E-state index is 11.8. The van der Waals surface area contributed by atoms with Gasteiger partial charge >= 0.3 is 6.09 Å². The van der Waals surface area contributed by atoms with E-state index in [1.54, 1.807) is 0 Å². The third kappa shape index (κ3) is 5.63. The van der Waals surface area contributed by atoms with E-state index in [0.29, 0.717) is 0 Å². The molecular formula is C15H22BrN3O2. The van der Waals surface area contributed by atoms with Crippen LogP contribution in [0.1, 0.15) is 32.8 Å². The van der Waals surface area contributed by atoms with Crippen LogP contribution in [-0.2, 0) is 11.3 Å². The van der Waals surface area contributed by atoms with Crippen molar-refractivity contribution in [1.82, 2.24) is 15.2 Å². The Hall–Kier alpha value is -1.14. The molecule has 5 nitrogen and oxygen atoms in total. The first-order chi connectivity index (χ1) is 9.82. The van der Waals surface area contributed by atoms with Gasteiger partial charge in [0.25, 0.3) is 0 Å². The highest BCUT2D eigenvalue weighted by Gasteiger charge is 2.26. The van der Waals surface area contributed by atoms with E-state index in [1.807, 2.05) is 33.0 Å². The number of alkyl carbamates (subject to hydrolysis) is 1. The van der Waals surface area contributed by atoms with Crippen molar-refractivity contribution in [2.75, 3.05) is 13.1 Å². The van der Waals surface area contributed by atoms with Gasteiger partial charge in [-0.25, -0.2) is 9.78 Å². The number of amides is 1. The third-order valence-corrected chi connectivity index (χ3v) is 3.66. The number of likely N-dealkylation sites (tertiary alicyclic amines) is 1. The van der Waals surface area contributed by atoms with Crippen LogP contribution in [0.15, 0.2) is 22.9 Å². The van der Waals surface area contributed by atoms with Gasteiger partial charge in [-0.3, -0.25) is 4.90 Å². The molecule has 1 aliphatic rings. The first kappa shape index (κ1) is 16.2. The molecule has 1 fully saturated rings. The molecule has 2 heterocycles. The van der Waals surface area contributed by atoms with Crippen LogP contribution in [0.5, 0.6) is 0 Å². The molecule has 1 saturated heterocycles. The fourth-order valence-corrected chi connectivity index (χ4v) is 2.56. The lowest BCUT2D eigenvalue weighted by Gasteiger charge is -2.22. The summed E-state index contributed by atoms with van der Waals surface area (Å²) in [6, 6.07) is 4.16. The fraction of sp³-hybridized carbons (Fsp3) is 0.600. The summed E-state index contributed by atoms with van der Waals surface area (Å²) in [4.78, 5) is 18.3. The molecule has 116 valence electrons. The van der Waals surface area contributed by atoms with Crippen LogP contribution in [0.2, 0.25) is 0 Å². The van der Waals surface area contributed by atoms with Crippen LogP contribution >= 0.6 is 15.9 Å². The van der Waals surface area contributed by atoms with Crippen molar-refractivity contribution in [2.45, 2.75) is 45.4 Å². The summed E-state index contributed by atoms with van der Waals surface area (Å²) >= 11 is 3.33. The highest BCUT2D eigenvalue weighted by molar-refractivity contribution is 9.10. The quantitative estimate of drug-likeness (QED) is 0.847. The number of halogens is 1. The number of carbonyl (C=O) groups excluding carboxylic acids is 1. The molecular weight excluding hydrogens is 334 g/mol. The lowest BCUT2D eigenvalue weighted by atomic mass is 10.2. The Kier molecular flexibility index (Phi) is 5.22. The van der Waals surface area contributed by atoms with E-state index >= 15 is 0 Å². The Balaban J connectivity index is 1.78. The molecule has 21 heavy (non-hydrogen) atoms. The zero-order chi connectivity index (χ0) is 15.5. The standard InChI is InChI=1S/C15H22BrN3O2/c1-15(2,3)21-14(20)18-12-6-7-19(10-12)9-11-4-5-13(16)17-8-11/h4-5,8,12H,6-7,9-10H2,1-3H3,(H,18,20)/t12-/m0/s1. The summed E-state index contributed by atoms with van der Waals surface area (Å²) in [6.45, 7) is 8.27. The van der Waals surface area contributed by atoms with Crippen LogP contribution in [0, 0.1) is 0 Å². The average Bonchev–Trinajstić information content (AvgIpc) is 2.77. The molecule has 0 radical (unpaired) electrons. The number of hydrogen-bond acceptors (Lipinski definition) is 4. The molecule has 1 aromatic rings. The van der Waals surface area contributed by atoms with Gasteiger partial charge in [0.05, 0.1) is 0 Å². The van der Waals surface area contributed by atoms with Gasteiger partial charge < -0.3 is 10.1 Å². The largest absolute Gasteiger partial charge is 0.444 e. The molecule has 6 heteroatoms. The van der Waals surface area contributed by atoms with Crippen molar-refractivity contribution in [1.29, 1.82) is 0 Å². The van der Waals surface area contributed by atoms with Crippen molar-refractivity contribution in [3.05, 3.63) is 28.5 Å². The lowest BCUT2D eigenvalue weighted by molar-refractivity contribution is 0.0506. The highest BCUT2D eigenvalue weighted by Crippen LogP contribution is 2.15. The summed E-state index contributed by atoms with van der Waals surface area (Å²) in [7, 11) is 0.